The molecule has 0 amide bonds. The van der Waals surface area contributed by atoms with Crippen LogP contribution in [0.4, 0.5) is 23.0 Å². The second-order valence-electron chi connectivity index (χ2n) is 9.06. The zero-order valence-corrected chi connectivity index (χ0v) is 21.1. The molecule has 9 heteroatoms. The van der Waals surface area contributed by atoms with Crippen molar-refractivity contribution in [1.82, 2.24) is 15.4 Å². The third-order valence-corrected chi connectivity index (χ3v) is 7.30. The van der Waals surface area contributed by atoms with Gasteiger partial charge in [0.2, 0.25) is 4.73 Å². The molecule has 0 spiro atoms. The molecule has 1 heterocycles. The Bertz CT molecular complexity index is 1140. The van der Waals surface area contributed by atoms with Crippen LogP contribution in [0.2, 0.25) is 0 Å². The van der Waals surface area contributed by atoms with E-state index in [0.29, 0.717) is 28.2 Å². The third kappa shape index (κ3) is 5.41. The van der Waals surface area contributed by atoms with Gasteiger partial charge in [-0.15, -0.1) is 0 Å². The number of esters is 1. The number of halogens is 1. The molecule has 0 saturated heterocycles. The van der Waals surface area contributed by atoms with E-state index in [-0.39, 0.29) is 17.9 Å². The number of carbonyl (C=O) groups is 1. The van der Waals surface area contributed by atoms with E-state index in [9.17, 15) is 4.79 Å². The Morgan fingerprint density at radius 1 is 0.943 bits per heavy atom. The van der Waals surface area contributed by atoms with Crippen LogP contribution in [-0.4, -0.2) is 29.1 Å². The summed E-state index contributed by atoms with van der Waals surface area (Å²) in [5, 5.41) is 5.14. The quantitative estimate of drug-likeness (QED) is 0.203. The van der Waals surface area contributed by atoms with Crippen molar-refractivity contribution in [3.63, 3.8) is 0 Å². The topological polar surface area (TPSA) is 91.4 Å². The van der Waals surface area contributed by atoms with Crippen molar-refractivity contribution in [2.45, 2.75) is 31.7 Å². The van der Waals surface area contributed by atoms with Gasteiger partial charge in [-0.2, -0.15) is 0 Å². The molecule has 3 fully saturated rings. The van der Waals surface area contributed by atoms with Crippen LogP contribution < -0.4 is 21.3 Å². The maximum atomic E-state index is 12.8. The number of carbonyl (C=O) groups excluding carboxylic acids is 1. The highest BCUT2D eigenvalue weighted by atomic mass is 79.9. The van der Waals surface area contributed by atoms with Crippen LogP contribution in [0.1, 0.15) is 25.7 Å². The molecule has 0 radical (unpaired) electrons. The van der Waals surface area contributed by atoms with Crippen LogP contribution >= 0.6 is 15.9 Å². The minimum absolute atomic E-state index is 0.0644. The van der Waals surface area contributed by atoms with E-state index in [1.54, 1.807) is 5.12 Å². The number of nitrogens with one attached hydrogen (secondary N) is 3. The number of para-hydroxylation sites is 2. The maximum absolute atomic E-state index is 12.8. The molecule has 1 aromatic heterocycles. The molecule has 182 valence electrons. The summed E-state index contributed by atoms with van der Waals surface area (Å²) in [6.45, 7) is 0. The number of fused-ring (bicyclic) bond motifs is 3. The Morgan fingerprint density at radius 3 is 2.23 bits per heavy atom. The molecule has 3 N–H and O–H groups in total. The van der Waals surface area contributed by atoms with Crippen molar-refractivity contribution >= 4 is 44.9 Å². The molecule has 8 nitrogen and oxygen atoms in total. The van der Waals surface area contributed by atoms with Crippen LogP contribution in [0, 0.1) is 17.8 Å². The highest BCUT2D eigenvalue weighted by Crippen LogP contribution is 2.46. The standard InChI is InChI=1S/C26H29BrN6O2/c1-35-25(34)23-17-12-14-18(15-13-17)24(23)32-33(31-20-10-6-3-7-11-20)22-16-21(29-26(27)30-22)28-19-8-4-2-5-9-19/h2-11,16-18,23-24,31-32H,12-15H2,1H3,(H,28,29,30). The highest BCUT2D eigenvalue weighted by Gasteiger charge is 2.48. The summed E-state index contributed by atoms with van der Waals surface area (Å²) < 4.78 is 5.67. The molecule has 3 aromatic rings. The van der Waals surface area contributed by atoms with Crippen LogP contribution in [-0.2, 0) is 9.53 Å². The van der Waals surface area contributed by atoms with E-state index >= 15 is 0 Å². The fourth-order valence-corrected chi connectivity index (χ4v) is 5.68. The fourth-order valence-electron chi connectivity index (χ4n) is 5.31. The highest BCUT2D eigenvalue weighted by molar-refractivity contribution is 9.10. The molecule has 35 heavy (non-hydrogen) atoms. The summed E-state index contributed by atoms with van der Waals surface area (Å²) in [6.07, 6.45) is 4.34. The van der Waals surface area contributed by atoms with E-state index < -0.39 is 0 Å². The average molecular weight is 537 g/mol. The largest absolute Gasteiger partial charge is 0.469 e. The molecule has 3 aliphatic carbocycles. The van der Waals surface area contributed by atoms with Gasteiger partial charge < -0.3 is 10.1 Å². The molecule has 2 bridgehead atoms. The molecular weight excluding hydrogens is 508 g/mol. The number of ether oxygens (including phenoxy) is 1. The lowest BCUT2D eigenvalue weighted by molar-refractivity contribution is -0.153. The van der Waals surface area contributed by atoms with Gasteiger partial charge in [0.25, 0.3) is 0 Å². The predicted octanol–water partition coefficient (Wildman–Crippen LogP) is 5.30. The summed E-state index contributed by atoms with van der Waals surface area (Å²) >= 11 is 3.47. The normalized spacial score (nSPS) is 22.9. The van der Waals surface area contributed by atoms with Crippen molar-refractivity contribution < 1.29 is 9.53 Å². The summed E-state index contributed by atoms with van der Waals surface area (Å²) in [4.78, 5) is 21.9. The van der Waals surface area contributed by atoms with Crippen molar-refractivity contribution in [3.05, 3.63) is 71.5 Å². The third-order valence-electron chi connectivity index (χ3n) is 6.95. The van der Waals surface area contributed by atoms with E-state index in [1.807, 2.05) is 66.7 Å². The van der Waals surface area contributed by atoms with Gasteiger partial charge in [0.05, 0.1) is 18.7 Å². The molecule has 2 atom stereocenters. The number of aromatic nitrogens is 2. The van der Waals surface area contributed by atoms with Crippen LogP contribution in [0.25, 0.3) is 0 Å². The van der Waals surface area contributed by atoms with Gasteiger partial charge in [0.1, 0.15) is 5.82 Å². The lowest BCUT2D eigenvalue weighted by atomic mass is 9.62. The molecule has 2 aromatic carbocycles. The number of nitrogens with zero attached hydrogens (tertiary/aromatic N) is 3. The second kappa shape index (κ2) is 10.6. The Labute approximate surface area is 213 Å². The Morgan fingerprint density at radius 2 is 1.57 bits per heavy atom. The van der Waals surface area contributed by atoms with Gasteiger partial charge in [-0.05, 0) is 77.7 Å². The zero-order chi connectivity index (χ0) is 24.2. The van der Waals surface area contributed by atoms with E-state index in [4.69, 9.17) is 4.74 Å². The van der Waals surface area contributed by atoms with Gasteiger partial charge in [-0.1, -0.05) is 36.4 Å². The lowest BCUT2D eigenvalue weighted by Gasteiger charge is -2.48. The first-order chi connectivity index (χ1) is 17.1. The van der Waals surface area contributed by atoms with Crippen LogP contribution in [0.15, 0.2) is 71.5 Å². The minimum atomic E-state index is -0.195. The number of rotatable bonds is 8. The maximum Gasteiger partial charge on any atom is 0.310 e. The number of anilines is 4. The summed E-state index contributed by atoms with van der Waals surface area (Å²) in [5.74, 6) is 1.63. The van der Waals surface area contributed by atoms with Crippen molar-refractivity contribution in [2.75, 3.05) is 23.0 Å². The second-order valence-corrected chi connectivity index (χ2v) is 9.77. The average Bonchev–Trinajstić information content (AvgIpc) is 2.89. The number of hydrogen-bond donors (Lipinski definition) is 3. The van der Waals surface area contributed by atoms with Gasteiger partial charge in [-0.25, -0.2) is 20.5 Å². The molecule has 3 saturated carbocycles. The number of hydrogen-bond acceptors (Lipinski definition) is 8. The lowest BCUT2D eigenvalue weighted by Crippen LogP contribution is -2.61. The van der Waals surface area contributed by atoms with Gasteiger partial charge >= 0.3 is 5.97 Å². The van der Waals surface area contributed by atoms with E-state index in [1.165, 1.54) is 7.11 Å². The van der Waals surface area contributed by atoms with Crippen molar-refractivity contribution in [1.29, 1.82) is 0 Å². The first-order valence-electron chi connectivity index (χ1n) is 11.9. The Balaban J connectivity index is 1.47. The summed E-state index contributed by atoms with van der Waals surface area (Å²) in [7, 11) is 1.48. The first-order valence-corrected chi connectivity index (χ1v) is 12.7. The van der Waals surface area contributed by atoms with Gasteiger partial charge in [0, 0.05) is 17.8 Å². The zero-order valence-electron chi connectivity index (χ0n) is 19.5. The smallest absolute Gasteiger partial charge is 0.310 e. The van der Waals surface area contributed by atoms with Crippen LogP contribution in [0.5, 0.6) is 0 Å². The van der Waals surface area contributed by atoms with Gasteiger partial charge in [0.15, 0.2) is 5.82 Å². The molecule has 2 unspecified atom stereocenters. The Hall–Kier alpha value is -3.17. The number of benzene rings is 2. The number of hydrazine groups is 2. The summed E-state index contributed by atoms with van der Waals surface area (Å²) in [5.41, 5.74) is 8.86. The van der Waals surface area contributed by atoms with Gasteiger partial charge in [-0.3, -0.25) is 10.2 Å². The monoisotopic (exact) mass is 536 g/mol. The Kier molecular flexibility index (Phi) is 7.15. The molecule has 3 aliphatic rings. The van der Waals surface area contributed by atoms with Crippen molar-refractivity contribution in [2.24, 2.45) is 17.8 Å². The summed E-state index contributed by atoms with van der Waals surface area (Å²) in [6, 6.07) is 21.6. The fraction of sp³-hybridized carbons (Fsp3) is 0.346. The first kappa shape index (κ1) is 23.6. The minimum Gasteiger partial charge on any atom is -0.469 e. The van der Waals surface area contributed by atoms with E-state index in [2.05, 4.69) is 42.1 Å². The van der Waals surface area contributed by atoms with Crippen LogP contribution in [0.3, 0.4) is 0 Å². The molecule has 0 aliphatic heterocycles. The van der Waals surface area contributed by atoms with E-state index in [0.717, 1.165) is 37.1 Å². The molecule has 6 rings (SSSR count). The predicted molar refractivity (Wildman–Crippen MR) is 140 cm³/mol. The van der Waals surface area contributed by atoms with Crippen molar-refractivity contribution in [3.8, 4) is 0 Å². The molecular formula is C26H29BrN6O2. The number of methoxy groups -OCH3 is 1. The SMILES string of the molecule is COC(=O)C1C2CCC(CC2)C1NN(Nc1ccccc1)c1cc(Nc2ccccc2)nc(Br)n1.